The van der Waals surface area contributed by atoms with Gasteiger partial charge in [-0.2, -0.15) is 0 Å². The highest BCUT2D eigenvalue weighted by atomic mass is 32.1. The van der Waals surface area contributed by atoms with Gasteiger partial charge in [-0.3, -0.25) is 0 Å². The van der Waals surface area contributed by atoms with E-state index in [0.717, 1.165) is 24.1 Å². The number of methoxy groups -OCH3 is 1. The van der Waals surface area contributed by atoms with Gasteiger partial charge in [-0.05, 0) is 42.9 Å². The number of fused-ring (bicyclic) bond motifs is 1. The Morgan fingerprint density at radius 1 is 1.53 bits per heavy atom. The van der Waals surface area contributed by atoms with Crippen LogP contribution in [0.1, 0.15) is 52.7 Å². The van der Waals surface area contributed by atoms with E-state index >= 15 is 0 Å². The van der Waals surface area contributed by atoms with Crippen LogP contribution in [0.4, 0.5) is 0 Å². The van der Waals surface area contributed by atoms with Crippen LogP contribution >= 0.6 is 11.3 Å². The van der Waals surface area contributed by atoms with Crippen molar-refractivity contribution in [3.8, 4) is 0 Å². The summed E-state index contributed by atoms with van der Waals surface area (Å²) in [6.45, 7) is 2.19. The number of carbonyl (C=O) groups is 1. The molecule has 0 aliphatic heterocycles. The summed E-state index contributed by atoms with van der Waals surface area (Å²) in [5.74, 6) is -0.209. The zero-order valence-electron chi connectivity index (χ0n) is 10.4. The van der Waals surface area contributed by atoms with Gasteiger partial charge in [-0.1, -0.05) is 19.4 Å². The lowest BCUT2D eigenvalue weighted by atomic mass is 9.92. The molecule has 1 heterocycles. The van der Waals surface area contributed by atoms with Crippen LogP contribution in [0.25, 0.3) is 5.57 Å². The average molecular weight is 250 g/mol. The Morgan fingerprint density at radius 3 is 3.06 bits per heavy atom. The summed E-state index contributed by atoms with van der Waals surface area (Å²) in [6, 6.07) is 2.01. The summed E-state index contributed by atoms with van der Waals surface area (Å²) < 4.78 is 4.78. The van der Waals surface area contributed by atoms with E-state index in [9.17, 15) is 4.79 Å². The molecule has 0 unspecified atom stereocenters. The van der Waals surface area contributed by atoms with E-state index in [1.807, 2.05) is 6.07 Å². The second-order valence-corrected chi connectivity index (χ2v) is 5.45. The number of allylic oxidation sites excluding steroid dienone is 2. The zero-order valence-corrected chi connectivity index (χ0v) is 11.2. The number of unbranched alkanes of at least 4 members (excludes halogenated alkanes) is 1. The van der Waals surface area contributed by atoms with Crippen molar-refractivity contribution in [2.75, 3.05) is 7.11 Å². The van der Waals surface area contributed by atoms with Gasteiger partial charge in [-0.15, -0.1) is 11.3 Å². The fraction of sp³-hybridized carbons (Fsp3) is 0.500. The monoisotopic (exact) mass is 250 g/mol. The Morgan fingerprint density at radius 2 is 2.35 bits per heavy atom. The summed E-state index contributed by atoms with van der Waals surface area (Å²) in [6.07, 6.45) is 8.06. The Labute approximate surface area is 106 Å². The molecule has 1 aliphatic rings. The smallest absolute Gasteiger partial charge is 0.348 e. The first-order chi connectivity index (χ1) is 8.26. The Balaban J connectivity index is 2.31. The number of hydrogen-bond acceptors (Lipinski definition) is 3. The fourth-order valence-electron chi connectivity index (χ4n) is 2.19. The number of hydrogen-bond donors (Lipinski definition) is 0. The maximum Gasteiger partial charge on any atom is 0.348 e. The second-order valence-electron chi connectivity index (χ2n) is 4.31. The minimum absolute atomic E-state index is 0.209. The predicted octanol–water partition coefficient (Wildman–Crippen LogP) is 4.05. The molecule has 0 radical (unpaired) electrons. The van der Waals surface area contributed by atoms with E-state index in [-0.39, 0.29) is 5.97 Å². The molecule has 2 nitrogen and oxygen atoms in total. The van der Waals surface area contributed by atoms with Gasteiger partial charge in [0, 0.05) is 4.88 Å². The highest BCUT2D eigenvalue weighted by molar-refractivity contribution is 7.14. The standard InChI is InChI=1S/C14H18O2S/c1-3-4-6-10-7-5-8-12-11(10)9-13(17-12)14(15)16-2/h6,9H,3-5,7-8H2,1-2H3/b10-6+. The van der Waals surface area contributed by atoms with Gasteiger partial charge in [0.05, 0.1) is 7.11 Å². The van der Waals surface area contributed by atoms with Crippen molar-refractivity contribution in [3.63, 3.8) is 0 Å². The molecule has 2 rings (SSSR count). The summed E-state index contributed by atoms with van der Waals surface area (Å²) in [4.78, 5) is 13.6. The van der Waals surface area contributed by atoms with E-state index < -0.39 is 0 Å². The van der Waals surface area contributed by atoms with E-state index in [0.29, 0.717) is 0 Å². The lowest BCUT2D eigenvalue weighted by molar-refractivity contribution is 0.0606. The van der Waals surface area contributed by atoms with Crippen molar-refractivity contribution >= 4 is 22.9 Å². The number of carbonyl (C=O) groups excluding carboxylic acids is 1. The van der Waals surface area contributed by atoms with Crippen molar-refractivity contribution < 1.29 is 9.53 Å². The molecule has 17 heavy (non-hydrogen) atoms. The van der Waals surface area contributed by atoms with Gasteiger partial charge in [0.25, 0.3) is 0 Å². The molecule has 1 aromatic rings. The van der Waals surface area contributed by atoms with Gasteiger partial charge in [0.15, 0.2) is 0 Å². The first-order valence-electron chi connectivity index (χ1n) is 6.16. The predicted molar refractivity (Wildman–Crippen MR) is 71.5 cm³/mol. The topological polar surface area (TPSA) is 26.3 Å². The number of esters is 1. The third-order valence-electron chi connectivity index (χ3n) is 3.07. The quantitative estimate of drug-likeness (QED) is 0.756. The SMILES string of the molecule is CCC/C=C1\CCCc2sc(C(=O)OC)cc21. The molecule has 92 valence electrons. The molecule has 0 atom stereocenters. The van der Waals surface area contributed by atoms with E-state index in [2.05, 4.69) is 13.0 Å². The maximum atomic E-state index is 11.5. The summed E-state index contributed by atoms with van der Waals surface area (Å²) >= 11 is 1.59. The van der Waals surface area contributed by atoms with Crippen molar-refractivity contribution in [1.82, 2.24) is 0 Å². The molecule has 0 spiro atoms. The number of thiophene rings is 1. The number of aryl methyl sites for hydroxylation is 1. The summed E-state index contributed by atoms with van der Waals surface area (Å²) in [7, 11) is 1.44. The van der Waals surface area contributed by atoms with Gasteiger partial charge in [-0.25, -0.2) is 4.79 Å². The molecule has 0 amide bonds. The second kappa shape index (κ2) is 5.50. The Bertz CT molecular complexity index is 443. The molecule has 0 aromatic carbocycles. The van der Waals surface area contributed by atoms with Crippen molar-refractivity contribution in [3.05, 3.63) is 27.5 Å². The first-order valence-corrected chi connectivity index (χ1v) is 6.98. The van der Waals surface area contributed by atoms with Gasteiger partial charge < -0.3 is 4.74 Å². The van der Waals surface area contributed by atoms with Crippen LogP contribution < -0.4 is 0 Å². The largest absolute Gasteiger partial charge is 0.465 e. The Kier molecular flexibility index (Phi) is 4.00. The van der Waals surface area contributed by atoms with Crippen LogP contribution in [0, 0.1) is 0 Å². The molecule has 0 fully saturated rings. The molecular weight excluding hydrogens is 232 g/mol. The summed E-state index contributed by atoms with van der Waals surface area (Å²) in [5, 5.41) is 0. The van der Waals surface area contributed by atoms with E-state index in [1.165, 1.54) is 36.0 Å². The Hall–Kier alpha value is -1.09. The lowest BCUT2D eigenvalue weighted by Gasteiger charge is -2.14. The lowest BCUT2D eigenvalue weighted by Crippen LogP contribution is -1.98. The molecule has 1 aromatic heterocycles. The molecule has 1 aliphatic carbocycles. The molecule has 0 saturated heterocycles. The zero-order chi connectivity index (χ0) is 12.3. The van der Waals surface area contributed by atoms with Gasteiger partial charge in [0.1, 0.15) is 4.88 Å². The number of rotatable bonds is 3. The van der Waals surface area contributed by atoms with Gasteiger partial charge >= 0.3 is 5.97 Å². The third-order valence-corrected chi connectivity index (χ3v) is 4.25. The van der Waals surface area contributed by atoms with Crippen LogP contribution in [-0.4, -0.2) is 13.1 Å². The van der Waals surface area contributed by atoms with Crippen molar-refractivity contribution in [2.24, 2.45) is 0 Å². The molecule has 0 bridgehead atoms. The minimum atomic E-state index is -0.209. The van der Waals surface area contributed by atoms with Crippen molar-refractivity contribution in [2.45, 2.75) is 39.0 Å². The minimum Gasteiger partial charge on any atom is -0.465 e. The van der Waals surface area contributed by atoms with Crippen LogP contribution in [0.15, 0.2) is 12.1 Å². The highest BCUT2D eigenvalue weighted by Crippen LogP contribution is 2.37. The fourth-order valence-corrected chi connectivity index (χ4v) is 3.35. The average Bonchev–Trinajstić information content (AvgIpc) is 2.79. The third kappa shape index (κ3) is 2.60. The number of ether oxygens (including phenoxy) is 1. The molecule has 3 heteroatoms. The van der Waals surface area contributed by atoms with Crippen LogP contribution in [-0.2, 0) is 11.2 Å². The maximum absolute atomic E-state index is 11.5. The molecule has 0 saturated carbocycles. The van der Waals surface area contributed by atoms with Crippen LogP contribution in [0.3, 0.4) is 0 Å². The molecule has 0 N–H and O–H groups in total. The van der Waals surface area contributed by atoms with Crippen molar-refractivity contribution in [1.29, 1.82) is 0 Å². The van der Waals surface area contributed by atoms with E-state index in [4.69, 9.17) is 4.74 Å². The van der Waals surface area contributed by atoms with Crippen LogP contribution in [0.2, 0.25) is 0 Å². The normalized spacial score (nSPS) is 16.9. The molecular formula is C14H18O2S. The highest BCUT2D eigenvalue weighted by Gasteiger charge is 2.20. The van der Waals surface area contributed by atoms with Gasteiger partial charge in [0.2, 0.25) is 0 Å². The van der Waals surface area contributed by atoms with Crippen LogP contribution in [0.5, 0.6) is 0 Å². The summed E-state index contributed by atoms with van der Waals surface area (Å²) in [5.41, 5.74) is 2.70. The van der Waals surface area contributed by atoms with E-state index in [1.54, 1.807) is 11.3 Å². The first kappa shape index (κ1) is 12.4.